The molecule has 2 aromatic rings. The number of fused-ring (bicyclic) bond motifs is 1. The monoisotopic (exact) mass is 247 g/mol. The largest absolute Gasteiger partial charge is 0.461 e. The fourth-order valence-corrected chi connectivity index (χ4v) is 2.18. The molecule has 3 nitrogen and oxygen atoms in total. The fourth-order valence-electron chi connectivity index (χ4n) is 2.18. The van der Waals surface area contributed by atoms with Crippen molar-refractivity contribution in [1.29, 1.82) is 0 Å². The average molecular weight is 247 g/mol. The highest BCUT2D eigenvalue weighted by Gasteiger charge is 2.09. The van der Waals surface area contributed by atoms with E-state index in [4.69, 9.17) is 4.42 Å². The van der Waals surface area contributed by atoms with Crippen LogP contribution in [0.4, 0.5) is 0 Å². The van der Waals surface area contributed by atoms with Crippen LogP contribution in [0.2, 0.25) is 0 Å². The first-order valence-electron chi connectivity index (χ1n) is 6.54. The molecule has 0 aliphatic rings. The average Bonchev–Trinajstić information content (AvgIpc) is 2.65. The molecule has 1 atom stereocenters. The molecule has 2 rings (SSSR count). The van der Waals surface area contributed by atoms with E-state index in [0.29, 0.717) is 0 Å². The zero-order valence-electron chi connectivity index (χ0n) is 11.1. The molecule has 3 heteroatoms. The predicted octanol–water partition coefficient (Wildman–Crippen LogP) is 2.99. The Morgan fingerprint density at radius 2 is 2.11 bits per heavy atom. The van der Waals surface area contributed by atoms with Gasteiger partial charge in [-0.05, 0) is 39.3 Å². The van der Waals surface area contributed by atoms with E-state index in [0.717, 1.165) is 37.3 Å². The van der Waals surface area contributed by atoms with Gasteiger partial charge in [0.1, 0.15) is 11.3 Å². The van der Waals surface area contributed by atoms with Crippen molar-refractivity contribution in [3.63, 3.8) is 0 Å². The van der Waals surface area contributed by atoms with Crippen LogP contribution in [-0.2, 0) is 6.54 Å². The van der Waals surface area contributed by atoms with Crippen molar-refractivity contribution in [3.8, 4) is 0 Å². The zero-order chi connectivity index (χ0) is 13.0. The summed E-state index contributed by atoms with van der Waals surface area (Å²) in [5, 5.41) is 13.8. The number of furan rings is 1. The van der Waals surface area contributed by atoms with Gasteiger partial charge >= 0.3 is 0 Å². The number of aliphatic hydroxyl groups excluding tert-OH is 1. The number of nitrogens with one attached hydrogen (secondary N) is 1. The molecule has 0 aliphatic carbocycles. The van der Waals surface area contributed by atoms with Gasteiger partial charge in [0.05, 0.1) is 6.10 Å². The fraction of sp³-hybridized carbons (Fsp3) is 0.467. The second-order valence-corrected chi connectivity index (χ2v) is 4.80. The minimum absolute atomic E-state index is 0.205. The number of aliphatic hydroxyl groups is 1. The molecule has 18 heavy (non-hydrogen) atoms. The second-order valence-electron chi connectivity index (χ2n) is 4.80. The van der Waals surface area contributed by atoms with Gasteiger partial charge in [0.15, 0.2) is 0 Å². The molecule has 0 saturated heterocycles. The van der Waals surface area contributed by atoms with Gasteiger partial charge in [-0.1, -0.05) is 18.2 Å². The maximum atomic E-state index is 9.18. The van der Waals surface area contributed by atoms with E-state index >= 15 is 0 Å². The van der Waals surface area contributed by atoms with Gasteiger partial charge in [0.2, 0.25) is 0 Å². The minimum Gasteiger partial charge on any atom is -0.461 e. The van der Waals surface area contributed by atoms with Gasteiger partial charge in [-0.15, -0.1) is 0 Å². The minimum atomic E-state index is -0.205. The summed E-state index contributed by atoms with van der Waals surface area (Å²) in [5.74, 6) is 0.985. The van der Waals surface area contributed by atoms with Crippen molar-refractivity contribution < 1.29 is 9.52 Å². The molecule has 1 aromatic carbocycles. The lowest BCUT2D eigenvalue weighted by Gasteiger charge is -2.06. The Morgan fingerprint density at radius 1 is 1.33 bits per heavy atom. The SMILES string of the molecule is Cc1oc2ccccc2c1CNCCCC(C)O. The highest BCUT2D eigenvalue weighted by Crippen LogP contribution is 2.24. The Morgan fingerprint density at radius 3 is 2.89 bits per heavy atom. The third kappa shape index (κ3) is 3.12. The van der Waals surface area contributed by atoms with Crippen LogP contribution in [0.5, 0.6) is 0 Å². The van der Waals surface area contributed by atoms with E-state index in [9.17, 15) is 5.11 Å². The van der Waals surface area contributed by atoms with Crippen molar-refractivity contribution in [3.05, 3.63) is 35.6 Å². The third-order valence-corrected chi connectivity index (χ3v) is 3.18. The smallest absolute Gasteiger partial charge is 0.134 e. The first-order valence-corrected chi connectivity index (χ1v) is 6.54. The van der Waals surface area contributed by atoms with Crippen molar-refractivity contribution >= 4 is 11.0 Å². The number of aryl methyl sites for hydroxylation is 1. The summed E-state index contributed by atoms with van der Waals surface area (Å²) in [6.07, 6.45) is 1.63. The van der Waals surface area contributed by atoms with E-state index < -0.39 is 0 Å². The predicted molar refractivity (Wildman–Crippen MR) is 73.6 cm³/mol. The van der Waals surface area contributed by atoms with Gasteiger partial charge in [0, 0.05) is 17.5 Å². The van der Waals surface area contributed by atoms with Crippen molar-refractivity contribution in [2.24, 2.45) is 0 Å². The number of para-hydroxylation sites is 1. The van der Waals surface area contributed by atoms with Crippen LogP contribution in [-0.4, -0.2) is 17.8 Å². The molecule has 0 saturated carbocycles. The first kappa shape index (κ1) is 13.1. The molecule has 1 heterocycles. The van der Waals surface area contributed by atoms with Gasteiger partial charge in [0.25, 0.3) is 0 Å². The van der Waals surface area contributed by atoms with Crippen LogP contribution in [0.25, 0.3) is 11.0 Å². The van der Waals surface area contributed by atoms with Crippen molar-refractivity contribution in [2.75, 3.05) is 6.54 Å². The number of hydrogen-bond acceptors (Lipinski definition) is 3. The number of benzene rings is 1. The molecular formula is C15H21NO2. The third-order valence-electron chi connectivity index (χ3n) is 3.18. The van der Waals surface area contributed by atoms with Gasteiger partial charge in [-0.3, -0.25) is 0 Å². The Hall–Kier alpha value is -1.32. The van der Waals surface area contributed by atoms with Crippen molar-refractivity contribution in [2.45, 2.75) is 39.3 Å². The summed E-state index contributed by atoms with van der Waals surface area (Å²) >= 11 is 0. The molecule has 2 N–H and O–H groups in total. The molecule has 0 aliphatic heterocycles. The standard InChI is InChI=1S/C15H21NO2/c1-11(17)6-5-9-16-10-14-12(2)18-15-8-4-3-7-13(14)15/h3-4,7-8,11,16-17H,5-6,9-10H2,1-2H3. The van der Waals surface area contributed by atoms with Crippen LogP contribution in [0, 0.1) is 6.92 Å². The summed E-state index contributed by atoms with van der Waals surface area (Å²) in [4.78, 5) is 0. The summed E-state index contributed by atoms with van der Waals surface area (Å²) in [6.45, 7) is 5.58. The maximum Gasteiger partial charge on any atom is 0.134 e. The van der Waals surface area contributed by atoms with E-state index in [-0.39, 0.29) is 6.10 Å². The lowest BCUT2D eigenvalue weighted by molar-refractivity contribution is 0.181. The Bertz CT molecular complexity index is 502. The van der Waals surface area contributed by atoms with E-state index in [1.54, 1.807) is 0 Å². The van der Waals surface area contributed by atoms with Gasteiger partial charge < -0.3 is 14.8 Å². The topological polar surface area (TPSA) is 45.4 Å². The Labute approximate surface area is 108 Å². The van der Waals surface area contributed by atoms with Crippen LogP contribution >= 0.6 is 0 Å². The number of hydrogen-bond donors (Lipinski definition) is 2. The highest BCUT2D eigenvalue weighted by atomic mass is 16.3. The molecule has 0 radical (unpaired) electrons. The lowest BCUT2D eigenvalue weighted by atomic mass is 10.1. The van der Waals surface area contributed by atoms with Gasteiger partial charge in [-0.25, -0.2) is 0 Å². The van der Waals surface area contributed by atoms with Crippen LogP contribution in [0.3, 0.4) is 0 Å². The summed E-state index contributed by atoms with van der Waals surface area (Å²) in [5.41, 5.74) is 2.19. The molecule has 0 fully saturated rings. The van der Waals surface area contributed by atoms with Crippen molar-refractivity contribution in [1.82, 2.24) is 5.32 Å². The second kappa shape index (κ2) is 6.03. The van der Waals surface area contributed by atoms with Crippen LogP contribution in [0.1, 0.15) is 31.1 Å². The highest BCUT2D eigenvalue weighted by molar-refractivity contribution is 5.82. The van der Waals surface area contributed by atoms with Gasteiger partial charge in [-0.2, -0.15) is 0 Å². The molecule has 98 valence electrons. The summed E-state index contributed by atoms with van der Waals surface area (Å²) in [7, 11) is 0. The Balaban J connectivity index is 1.93. The maximum absolute atomic E-state index is 9.18. The number of rotatable bonds is 6. The van der Waals surface area contributed by atoms with E-state index in [2.05, 4.69) is 11.4 Å². The van der Waals surface area contributed by atoms with E-state index in [1.165, 1.54) is 10.9 Å². The molecule has 0 spiro atoms. The first-order chi connectivity index (χ1) is 8.68. The molecule has 0 amide bonds. The molecule has 1 unspecified atom stereocenters. The molecular weight excluding hydrogens is 226 g/mol. The lowest BCUT2D eigenvalue weighted by Crippen LogP contribution is -2.16. The normalized spacial score (nSPS) is 13.1. The molecule has 1 aromatic heterocycles. The zero-order valence-corrected chi connectivity index (χ0v) is 11.1. The van der Waals surface area contributed by atoms with E-state index in [1.807, 2.05) is 32.0 Å². The quantitative estimate of drug-likeness (QED) is 0.771. The Kier molecular flexibility index (Phi) is 4.39. The molecule has 0 bridgehead atoms. The summed E-state index contributed by atoms with van der Waals surface area (Å²) < 4.78 is 5.71. The summed E-state index contributed by atoms with van der Waals surface area (Å²) in [6, 6.07) is 8.12. The van der Waals surface area contributed by atoms with Crippen LogP contribution < -0.4 is 5.32 Å². The van der Waals surface area contributed by atoms with Crippen LogP contribution in [0.15, 0.2) is 28.7 Å².